The molecule has 0 fully saturated rings. The molecule has 0 bridgehead atoms. The van der Waals surface area contributed by atoms with Crippen molar-refractivity contribution in [1.29, 1.82) is 0 Å². The highest BCUT2D eigenvalue weighted by Gasteiger charge is 1.84. The molecule has 4 heteroatoms. The standard InChI is InChI=1S/C8H10S.BH3O2/c1-2-9-8-6-4-3-5-7-8;2-1-3/h3-7H,2H2,1H3;1-3H. The van der Waals surface area contributed by atoms with Crippen molar-refractivity contribution in [2.24, 2.45) is 0 Å². The molecule has 0 aliphatic carbocycles. The van der Waals surface area contributed by atoms with E-state index in [1.807, 2.05) is 17.8 Å². The van der Waals surface area contributed by atoms with Crippen molar-refractivity contribution in [3.05, 3.63) is 30.3 Å². The van der Waals surface area contributed by atoms with E-state index >= 15 is 0 Å². The van der Waals surface area contributed by atoms with Crippen LogP contribution in [-0.4, -0.2) is 23.5 Å². The lowest BCUT2D eigenvalue weighted by atomic mass is 10.4. The number of hydrogen-bond donors (Lipinski definition) is 2. The molecule has 12 heavy (non-hydrogen) atoms. The lowest BCUT2D eigenvalue weighted by Gasteiger charge is -1.93. The Morgan fingerprint density at radius 2 is 1.75 bits per heavy atom. The largest absolute Gasteiger partial charge is 0.432 e. The van der Waals surface area contributed by atoms with Crippen LogP contribution in [0.15, 0.2) is 35.2 Å². The predicted molar refractivity (Wildman–Crippen MR) is 54.4 cm³/mol. The van der Waals surface area contributed by atoms with Crippen LogP contribution in [0.1, 0.15) is 6.92 Å². The first-order valence-electron chi connectivity index (χ1n) is 3.74. The van der Waals surface area contributed by atoms with Crippen LogP contribution in [0.25, 0.3) is 0 Å². The molecule has 1 rings (SSSR count). The Labute approximate surface area is 77.9 Å². The highest BCUT2D eigenvalue weighted by Crippen LogP contribution is 2.15. The second-order valence-electron chi connectivity index (χ2n) is 1.89. The lowest BCUT2D eigenvalue weighted by Crippen LogP contribution is -1.75. The van der Waals surface area contributed by atoms with Gasteiger partial charge in [-0.25, -0.2) is 0 Å². The highest BCUT2D eigenvalue weighted by molar-refractivity contribution is 7.99. The quantitative estimate of drug-likeness (QED) is 0.532. The number of benzene rings is 1. The van der Waals surface area contributed by atoms with Gasteiger partial charge in [0.25, 0.3) is 0 Å². The molecule has 1 aromatic rings. The van der Waals surface area contributed by atoms with Gasteiger partial charge in [0.1, 0.15) is 0 Å². The third-order valence-corrected chi connectivity index (χ3v) is 1.95. The molecular formula is C8H13BO2S. The number of thioether (sulfide) groups is 1. The Morgan fingerprint density at radius 1 is 1.25 bits per heavy atom. The Hall–Kier alpha value is -0.445. The van der Waals surface area contributed by atoms with Crippen molar-refractivity contribution in [3.8, 4) is 0 Å². The zero-order valence-electron chi connectivity index (χ0n) is 7.10. The van der Waals surface area contributed by atoms with E-state index in [0.717, 1.165) is 5.75 Å². The average molecular weight is 184 g/mol. The van der Waals surface area contributed by atoms with Gasteiger partial charge in [0.15, 0.2) is 0 Å². The van der Waals surface area contributed by atoms with Crippen LogP contribution in [0, 0.1) is 0 Å². The van der Waals surface area contributed by atoms with Crippen molar-refractivity contribution in [2.75, 3.05) is 5.75 Å². The molecule has 0 amide bonds. The average Bonchev–Trinajstić information content (AvgIpc) is 2.08. The van der Waals surface area contributed by atoms with E-state index in [-0.39, 0.29) is 0 Å². The van der Waals surface area contributed by atoms with Crippen molar-refractivity contribution < 1.29 is 10.0 Å². The zero-order chi connectivity index (χ0) is 9.23. The van der Waals surface area contributed by atoms with Crippen LogP contribution >= 0.6 is 11.8 Å². The molecule has 0 atom stereocenters. The summed E-state index contributed by atoms with van der Waals surface area (Å²) in [4.78, 5) is 1.36. The predicted octanol–water partition coefficient (Wildman–Crippen LogP) is 1.04. The molecule has 66 valence electrons. The smallest absolute Gasteiger partial charge is 0.430 e. The van der Waals surface area contributed by atoms with E-state index < -0.39 is 7.69 Å². The minimum absolute atomic E-state index is 0.750. The molecular weight excluding hydrogens is 171 g/mol. The molecule has 2 N–H and O–H groups in total. The van der Waals surface area contributed by atoms with Crippen molar-refractivity contribution in [3.63, 3.8) is 0 Å². The molecule has 0 aliphatic rings. The number of hydrogen-bond acceptors (Lipinski definition) is 3. The van der Waals surface area contributed by atoms with E-state index in [9.17, 15) is 0 Å². The normalized spacial score (nSPS) is 8.25. The molecule has 0 heterocycles. The summed E-state index contributed by atoms with van der Waals surface area (Å²) in [6.45, 7) is 2.16. The lowest BCUT2D eigenvalue weighted by molar-refractivity contribution is 0.448. The molecule has 1 aromatic carbocycles. The van der Waals surface area contributed by atoms with Gasteiger partial charge < -0.3 is 10.0 Å². The molecule has 2 nitrogen and oxygen atoms in total. The van der Waals surface area contributed by atoms with Crippen LogP contribution in [0.3, 0.4) is 0 Å². The summed E-state index contributed by atoms with van der Waals surface area (Å²) in [6, 6.07) is 10.4. The van der Waals surface area contributed by atoms with Crippen molar-refractivity contribution in [1.82, 2.24) is 0 Å². The first kappa shape index (κ1) is 11.6. The van der Waals surface area contributed by atoms with Gasteiger partial charge in [-0.15, -0.1) is 11.8 Å². The first-order chi connectivity index (χ1) is 5.85. The van der Waals surface area contributed by atoms with Gasteiger partial charge in [0, 0.05) is 4.90 Å². The third-order valence-electron chi connectivity index (χ3n) is 1.05. The maximum absolute atomic E-state index is 7.12. The van der Waals surface area contributed by atoms with Crippen LogP contribution in [0.4, 0.5) is 0 Å². The van der Waals surface area contributed by atoms with E-state index in [1.165, 1.54) is 4.90 Å². The SMILES string of the molecule is CCSc1ccccc1.OBO. The minimum atomic E-state index is -0.750. The second-order valence-corrected chi connectivity index (χ2v) is 3.22. The van der Waals surface area contributed by atoms with Gasteiger partial charge in [-0.1, -0.05) is 25.1 Å². The van der Waals surface area contributed by atoms with Crippen molar-refractivity contribution >= 4 is 19.4 Å². The molecule has 0 radical (unpaired) electrons. The van der Waals surface area contributed by atoms with Gasteiger partial charge in [-0.3, -0.25) is 0 Å². The Balaban J connectivity index is 0.000000354. The van der Waals surface area contributed by atoms with E-state index in [2.05, 4.69) is 31.2 Å². The second kappa shape index (κ2) is 8.65. The van der Waals surface area contributed by atoms with Crippen LogP contribution in [0.2, 0.25) is 0 Å². The fourth-order valence-electron chi connectivity index (χ4n) is 0.683. The van der Waals surface area contributed by atoms with E-state index in [1.54, 1.807) is 0 Å². The van der Waals surface area contributed by atoms with E-state index in [0.29, 0.717) is 0 Å². The summed E-state index contributed by atoms with van der Waals surface area (Å²) in [7, 11) is -0.750. The molecule has 0 aromatic heterocycles. The van der Waals surface area contributed by atoms with Gasteiger partial charge >= 0.3 is 7.69 Å². The summed E-state index contributed by atoms with van der Waals surface area (Å²) < 4.78 is 0. The summed E-state index contributed by atoms with van der Waals surface area (Å²) in [6.07, 6.45) is 0. The maximum Gasteiger partial charge on any atom is 0.432 e. The Bertz CT molecular complexity index is 182. The van der Waals surface area contributed by atoms with Gasteiger partial charge in [0.2, 0.25) is 0 Å². The number of rotatable bonds is 2. The molecule has 0 saturated carbocycles. The monoisotopic (exact) mass is 184 g/mol. The maximum atomic E-state index is 7.12. The van der Waals surface area contributed by atoms with Crippen LogP contribution < -0.4 is 0 Å². The van der Waals surface area contributed by atoms with E-state index in [4.69, 9.17) is 10.0 Å². The summed E-state index contributed by atoms with van der Waals surface area (Å²) in [5, 5.41) is 14.2. The van der Waals surface area contributed by atoms with Crippen molar-refractivity contribution in [2.45, 2.75) is 11.8 Å². The third kappa shape index (κ3) is 6.28. The Morgan fingerprint density at radius 3 is 2.17 bits per heavy atom. The first-order valence-corrected chi connectivity index (χ1v) is 4.73. The summed E-state index contributed by atoms with van der Waals surface area (Å²) in [5.74, 6) is 1.16. The van der Waals surface area contributed by atoms with Crippen LogP contribution in [0.5, 0.6) is 0 Å². The minimum Gasteiger partial charge on any atom is -0.430 e. The topological polar surface area (TPSA) is 40.5 Å². The van der Waals surface area contributed by atoms with Gasteiger partial charge in [-0.05, 0) is 17.9 Å². The van der Waals surface area contributed by atoms with Gasteiger partial charge in [-0.2, -0.15) is 0 Å². The molecule has 0 saturated heterocycles. The fourth-order valence-corrected chi connectivity index (χ4v) is 1.37. The van der Waals surface area contributed by atoms with Crippen LogP contribution in [-0.2, 0) is 0 Å². The molecule has 0 spiro atoms. The molecule has 0 unspecified atom stereocenters. The zero-order valence-corrected chi connectivity index (χ0v) is 7.92. The van der Waals surface area contributed by atoms with Gasteiger partial charge in [0.05, 0.1) is 0 Å². The summed E-state index contributed by atoms with van der Waals surface area (Å²) in [5.41, 5.74) is 0. The Kier molecular flexibility index (Phi) is 8.33. The highest BCUT2D eigenvalue weighted by atomic mass is 32.2. The fraction of sp³-hybridized carbons (Fsp3) is 0.250. The molecule has 0 aliphatic heterocycles. The summed E-state index contributed by atoms with van der Waals surface area (Å²) >= 11 is 1.88.